The topological polar surface area (TPSA) is 12.0 Å². The van der Waals surface area contributed by atoms with E-state index in [-0.39, 0.29) is 0 Å². The molecule has 1 rings (SSSR count). The van der Waals surface area contributed by atoms with Crippen molar-refractivity contribution in [3.05, 3.63) is 47.0 Å². The predicted molar refractivity (Wildman–Crippen MR) is 65.4 cm³/mol. The highest BCUT2D eigenvalue weighted by molar-refractivity contribution is 9.11. The summed E-state index contributed by atoms with van der Waals surface area (Å²) in [6.45, 7) is 5.79. The fraction of sp³-hybridized carbons (Fsp3) is 0.333. The molecule has 76 valence electrons. The van der Waals surface area contributed by atoms with Gasteiger partial charge in [0, 0.05) is 6.54 Å². The monoisotopic (exact) mass is 253 g/mol. The predicted octanol–water partition coefficient (Wildman–Crippen LogP) is 3.47. The lowest BCUT2D eigenvalue weighted by atomic mass is 10.2. The summed E-state index contributed by atoms with van der Waals surface area (Å²) in [7, 11) is 0. The molecule has 0 saturated carbocycles. The van der Waals surface area contributed by atoms with Gasteiger partial charge < -0.3 is 5.32 Å². The van der Waals surface area contributed by atoms with Gasteiger partial charge in [-0.25, -0.2) is 0 Å². The third-order valence-corrected chi connectivity index (χ3v) is 2.37. The molecule has 0 radical (unpaired) electrons. The molecule has 0 unspecified atom stereocenters. The van der Waals surface area contributed by atoms with Crippen LogP contribution in [0, 0.1) is 0 Å². The maximum Gasteiger partial charge on any atom is 0.0205 e. The van der Waals surface area contributed by atoms with Gasteiger partial charge in [-0.15, -0.1) is 0 Å². The molecule has 0 aromatic heterocycles. The summed E-state index contributed by atoms with van der Waals surface area (Å²) in [6, 6.07) is 10.4. The summed E-state index contributed by atoms with van der Waals surface area (Å²) >= 11 is 3.35. The number of hydrogen-bond acceptors (Lipinski definition) is 1. The molecule has 0 aliphatic carbocycles. The third-order valence-electron chi connectivity index (χ3n) is 1.97. The van der Waals surface area contributed by atoms with Crippen molar-refractivity contribution in [1.82, 2.24) is 5.32 Å². The van der Waals surface area contributed by atoms with Crippen molar-refractivity contribution in [3.63, 3.8) is 0 Å². The number of rotatable bonds is 6. The van der Waals surface area contributed by atoms with E-state index in [1.165, 1.54) is 5.56 Å². The molecule has 0 saturated heterocycles. The van der Waals surface area contributed by atoms with E-state index in [4.69, 9.17) is 0 Å². The largest absolute Gasteiger partial charge is 0.313 e. The van der Waals surface area contributed by atoms with Crippen molar-refractivity contribution >= 4 is 15.9 Å². The van der Waals surface area contributed by atoms with E-state index in [0.717, 1.165) is 30.4 Å². The third kappa shape index (κ3) is 5.20. The number of benzene rings is 1. The Labute approximate surface area is 94.3 Å². The first kappa shape index (κ1) is 11.5. The summed E-state index contributed by atoms with van der Waals surface area (Å²) in [5.41, 5.74) is 1.34. The van der Waals surface area contributed by atoms with Crippen LogP contribution in [0.1, 0.15) is 18.4 Å². The van der Waals surface area contributed by atoms with Crippen molar-refractivity contribution in [1.29, 1.82) is 0 Å². The smallest absolute Gasteiger partial charge is 0.0205 e. The van der Waals surface area contributed by atoms with Crippen LogP contribution in [0.15, 0.2) is 41.4 Å². The van der Waals surface area contributed by atoms with E-state index < -0.39 is 0 Å². The summed E-state index contributed by atoms with van der Waals surface area (Å²) in [4.78, 5) is 0. The Kier molecular flexibility index (Phi) is 5.57. The minimum Gasteiger partial charge on any atom is -0.313 e. The zero-order valence-corrected chi connectivity index (χ0v) is 9.89. The molecule has 0 amide bonds. The molecule has 0 fully saturated rings. The molecule has 0 aliphatic heterocycles. The zero-order valence-electron chi connectivity index (χ0n) is 8.30. The Bertz CT molecular complexity index is 269. The van der Waals surface area contributed by atoms with Crippen molar-refractivity contribution in [2.75, 3.05) is 6.54 Å². The Morgan fingerprint density at radius 1 is 1.29 bits per heavy atom. The van der Waals surface area contributed by atoms with Gasteiger partial charge in [-0.2, -0.15) is 0 Å². The lowest BCUT2D eigenvalue weighted by molar-refractivity contribution is 0.654. The Balaban J connectivity index is 2.08. The maximum atomic E-state index is 3.80. The van der Waals surface area contributed by atoms with Gasteiger partial charge in [0.15, 0.2) is 0 Å². The van der Waals surface area contributed by atoms with Crippen LogP contribution in [-0.4, -0.2) is 6.54 Å². The van der Waals surface area contributed by atoms with Gasteiger partial charge in [0.2, 0.25) is 0 Å². The average Bonchev–Trinajstić information content (AvgIpc) is 2.18. The minimum atomic E-state index is 0.954. The number of allylic oxidation sites excluding steroid dienone is 1. The van der Waals surface area contributed by atoms with E-state index in [9.17, 15) is 0 Å². The fourth-order valence-corrected chi connectivity index (χ4v) is 1.51. The average molecular weight is 254 g/mol. The normalized spacial score (nSPS) is 10.1. The van der Waals surface area contributed by atoms with Gasteiger partial charge in [0.25, 0.3) is 0 Å². The van der Waals surface area contributed by atoms with Crippen molar-refractivity contribution < 1.29 is 0 Å². The fourth-order valence-electron chi connectivity index (χ4n) is 1.23. The van der Waals surface area contributed by atoms with Crippen LogP contribution in [0.4, 0.5) is 0 Å². The summed E-state index contributed by atoms with van der Waals surface area (Å²) in [6.07, 6.45) is 2.18. The molecule has 0 spiro atoms. The molecule has 0 aliphatic rings. The SMILES string of the molecule is C=C(Br)CCCNCc1ccccc1. The molecule has 14 heavy (non-hydrogen) atoms. The maximum absolute atomic E-state index is 3.80. The van der Waals surface area contributed by atoms with E-state index in [1.807, 2.05) is 6.07 Å². The number of hydrogen-bond donors (Lipinski definition) is 1. The summed E-state index contributed by atoms with van der Waals surface area (Å²) in [5.74, 6) is 0. The van der Waals surface area contributed by atoms with Crippen molar-refractivity contribution in [2.24, 2.45) is 0 Å². The number of halogens is 1. The first-order chi connectivity index (χ1) is 6.79. The van der Waals surface area contributed by atoms with E-state index in [0.29, 0.717) is 0 Å². The first-order valence-electron chi connectivity index (χ1n) is 4.87. The molecule has 2 heteroatoms. The van der Waals surface area contributed by atoms with Crippen LogP contribution in [-0.2, 0) is 6.54 Å². The quantitative estimate of drug-likeness (QED) is 0.766. The van der Waals surface area contributed by atoms with Gasteiger partial charge >= 0.3 is 0 Å². The van der Waals surface area contributed by atoms with E-state index >= 15 is 0 Å². The van der Waals surface area contributed by atoms with E-state index in [1.54, 1.807) is 0 Å². The van der Waals surface area contributed by atoms with Gasteiger partial charge in [0.05, 0.1) is 0 Å². The molecule has 1 aromatic carbocycles. The summed E-state index contributed by atoms with van der Waals surface area (Å²) in [5, 5.41) is 3.40. The Morgan fingerprint density at radius 3 is 2.64 bits per heavy atom. The second-order valence-electron chi connectivity index (χ2n) is 3.28. The molecular formula is C12H16BrN. The van der Waals surface area contributed by atoms with Crippen molar-refractivity contribution in [3.8, 4) is 0 Å². The van der Waals surface area contributed by atoms with Gasteiger partial charge in [-0.05, 0) is 29.4 Å². The van der Waals surface area contributed by atoms with Crippen LogP contribution in [0.5, 0.6) is 0 Å². The number of nitrogens with one attached hydrogen (secondary N) is 1. The van der Waals surface area contributed by atoms with E-state index in [2.05, 4.69) is 52.1 Å². The summed E-state index contributed by atoms with van der Waals surface area (Å²) < 4.78 is 1.08. The van der Waals surface area contributed by atoms with Gasteiger partial charge in [-0.1, -0.05) is 52.8 Å². The molecule has 1 aromatic rings. The van der Waals surface area contributed by atoms with Crippen LogP contribution in [0.3, 0.4) is 0 Å². The van der Waals surface area contributed by atoms with Crippen LogP contribution < -0.4 is 5.32 Å². The highest BCUT2D eigenvalue weighted by atomic mass is 79.9. The molecule has 0 atom stereocenters. The van der Waals surface area contributed by atoms with Crippen molar-refractivity contribution in [2.45, 2.75) is 19.4 Å². The lowest BCUT2D eigenvalue weighted by Gasteiger charge is -2.03. The molecule has 0 heterocycles. The first-order valence-corrected chi connectivity index (χ1v) is 5.66. The zero-order chi connectivity index (χ0) is 10.2. The van der Waals surface area contributed by atoms with Crippen LogP contribution in [0.25, 0.3) is 0 Å². The Hall–Kier alpha value is -0.600. The Morgan fingerprint density at radius 2 is 2.00 bits per heavy atom. The molecule has 0 bridgehead atoms. The second-order valence-corrected chi connectivity index (χ2v) is 4.40. The molecular weight excluding hydrogens is 238 g/mol. The van der Waals surface area contributed by atoms with Crippen LogP contribution in [0.2, 0.25) is 0 Å². The van der Waals surface area contributed by atoms with Gasteiger partial charge in [0.1, 0.15) is 0 Å². The lowest BCUT2D eigenvalue weighted by Crippen LogP contribution is -2.14. The minimum absolute atomic E-state index is 0.954. The highest BCUT2D eigenvalue weighted by Crippen LogP contribution is 2.08. The highest BCUT2D eigenvalue weighted by Gasteiger charge is 1.91. The molecule has 1 N–H and O–H groups in total. The second kappa shape index (κ2) is 6.80. The molecule has 1 nitrogen and oxygen atoms in total. The van der Waals surface area contributed by atoms with Crippen LogP contribution >= 0.6 is 15.9 Å². The standard InChI is InChI=1S/C12H16BrN/c1-11(13)6-5-9-14-10-12-7-3-2-4-8-12/h2-4,7-8,14H,1,5-6,9-10H2. The van der Waals surface area contributed by atoms with Gasteiger partial charge in [-0.3, -0.25) is 0 Å².